The molecule has 7 heterocycles. The molecular weight excluding hydrogens is 803 g/mol. The second-order valence-electron chi connectivity index (χ2n) is 18.6. The van der Waals surface area contributed by atoms with Gasteiger partial charge in [0.1, 0.15) is 35.6 Å². The summed E-state index contributed by atoms with van der Waals surface area (Å²) in [4.78, 5) is 76.5. The number of carbonyl (C=O) groups is 5. The molecule has 6 aliphatic heterocycles. The molecule has 5 amide bonds. The van der Waals surface area contributed by atoms with Crippen molar-refractivity contribution in [2.75, 3.05) is 42.5 Å². The number of piperidine rings is 3. The Hall–Kier alpha value is -5.59. The van der Waals surface area contributed by atoms with E-state index >= 15 is 4.39 Å². The van der Waals surface area contributed by atoms with E-state index in [1.807, 2.05) is 17.0 Å². The van der Waals surface area contributed by atoms with E-state index in [0.29, 0.717) is 33.5 Å². The van der Waals surface area contributed by atoms with Gasteiger partial charge in [0.05, 0.1) is 33.0 Å². The van der Waals surface area contributed by atoms with E-state index in [2.05, 4.69) is 54.2 Å². The van der Waals surface area contributed by atoms with E-state index in [0.717, 1.165) is 68.8 Å². The summed E-state index contributed by atoms with van der Waals surface area (Å²) in [5.41, 5.74) is 0.426. The zero-order valence-electron chi connectivity index (χ0n) is 34.5. The van der Waals surface area contributed by atoms with Crippen molar-refractivity contribution in [3.05, 3.63) is 81.8 Å². The minimum Gasteiger partial charge on any atom is -0.489 e. The summed E-state index contributed by atoms with van der Waals surface area (Å²) in [6.07, 6.45) is 4.38. The SMILES string of the molecule is CC1(C)C(NC(=O)c2ccc(N3CCC(CN4CC5CC(C4)N5c4cc5c(cc4F)C(=O)N(C4CCC(=O)NC4=O)C5=O)CC3)nc2)C(C)(C)C1Oc1ccc(C#N)c(Cl)c1. The smallest absolute Gasteiger partial charge is 0.262 e. The fourth-order valence-electron chi connectivity index (χ4n) is 11.1. The molecule has 10 rings (SSSR count). The van der Waals surface area contributed by atoms with Crippen LogP contribution >= 0.6 is 11.6 Å². The molecule has 16 heteroatoms. The van der Waals surface area contributed by atoms with Gasteiger partial charge in [-0.2, -0.15) is 5.26 Å². The molecule has 2 N–H and O–H groups in total. The first kappa shape index (κ1) is 40.8. The highest BCUT2D eigenvalue weighted by Gasteiger charge is 2.64. The van der Waals surface area contributed by atoms with Crippen molar-refractivity contribution < 1.29 is 33.1 Å². The average Bonchev–Trinajstić information content (AvgIpc) is 3.46. The van der Waals surface area contributed by atoms with Crippen molar-refractivity contribution in [1.29, 1.82) is 5.26 Å². The Bertz CT molecular complexity index is 2370. The van der Waals surface area contributed by atoms with Gasteiger partial charge in [0.15, 0.2) is 0 Å². The predicted octanol–water partition coefficient (Wildman–Crippen LogP) is 4.94. The zero-order chi connectivity index (χ0) is 43.1. The van der Waals surface area contributed by atoms with Crippen LogP contribution in [0, 0.1) is 33.9 Å². The van der Waals surface area contributed by atoms with Crippen molar-refractivity contribution in [2.24, 2.45) is 16.7 Å². The molecule has 0 spiro atoms. The monoisotopic (exact) mass is 850 g/mol. The van der Waals surface area contributed by atoms with Crippen molar-refractivity contribution in [3.63, 3.8) is 0 Å². The number of ether oxygens (including phenoxy) is 1. The third-order valence-corrected chi connectivity index (χ3v) is 14.3. The number of benzene rings is 2. The number of imide groups is 2. The molecule has 3 aromatic rings. The van der Waals surface area contributed by atoms with E-state index in [4.69, 9.17) is 21.3 Å². The largest absolute Gasteiger partial charge is 0.489 e. The topological polar surface area (TPSA) is 168 Å². The van der Waals surface area contributed by atoms with Crippen molar-refractivity contribution >= 4 is 52.6 Å². The summed E-state index contributed by atoms with van der Waals surface area (Å²) < 4.78 is 22.0. The summed E-state index contributed by atoms with van der Waals surface area (Å²) >= 11 is 6.25. The number of fused-ring (bicyclic) bond motifs is 3. The summed E-state index contributed by atoms with van der Waals surface area (Å²) in [6.45, 7) is 12.4. The highest BCUT2D eigenvalue weighted by atomic mass is 35.5. The molecule has 7 aliphatic rings. The highest BCUT2D eigenvalue weighted by molar-refractivity contribution is 6.31. The Morgan fingerprint density at radius 1 is 0.984 bits per heavy atom. The lowest BCUT2D eigenvalue weighted by molar-refractivity contribution is -0.164. The maximum absolute atomic E-state index is 15.6. The Labute approximate surface area is 358 Å². The molecule has 2 aromatic carbocycles. The number of piperazine rings is 1. The number of carbonyl (C=O) groups excluding carboxylic acids is 5. The lowest BCUT2D eigenvalue weighted by Gasteiger charge is -2.63. The lowest BCUT2D eigenvalue weighted by atomic mass is 9.49. The molecule has 3 unspecified atom stereocenters. The van der Waals surface area contributed by atoms with E-state index in [1.54, 1.807) is 24.4 Å². The van der Waals surface area contributed by atoms with E-state index < -0.39 is 35.5 Å². The first-order valence-corrected chi connectivity index (χ1v) is 21.4. The molecule has 5 saturated heterocycles. The fraction of sp³-hybridized carbons (Fsp3) is 0.489. The second kappa shape index (κ2) is 15.1. The van der Waals surface area contributed by atoms with Crippen LogP contribution in [0.5, 0.6) is 5.75 Å². The first-order valence-electron chi connectivity index (χ1n) is 21.0. The molecule has 1 saturated carbocycles. The van der Waals surface area contributed by atoms with Gasteiger partial charge in [0.2, 0.25) is 11.8 Å². The molecule has 6 fully saturated rings. The number of nitrogens with one attached hydrogen (secondary N) is 2. The van der Waals surface area contributed by atoms with Crippen LogP contribution in [-0.2, 0) is 9.59 Å². The number of anilines is 2. The molecule has 14 nitrogen and oxygen atoms in total. The minimum atomic E-state index is -1.10. The second-order valence-corrected chi connectivity index (χ2v) is 19.0. The highest BCUT2D eigenvalue weighted by Crippen LogP contribution is 2.55. The Balaban J connectivity index is 0.755. The van der Waals surface area contributed by atoms with E-state index in [9.17, 15) is 29.2 Å². The molecule has 3 atom stereocenters. The normalized spacial score (nSPS) is 26.8. The number of rotatable bonds is 9. The average molecular weight is 851 g/mol. The van der Waals surface area contributed by atoms with Crippen LogP contribution in [0.25, 0.3) is 0 Å². The third-order valence-electron chi connectivity index (χ3n) is 13.9. The van der Waals surface area contributed by atoms with Crippen LogP contribution in [0.3, 0.4) is 0 Å². The van der Waals surface area contributed by atoms with Gasteiger partial charge in [-0.1, -0.05) is 39.3 Å². The van der Waals surface area contributed by atoms with Crippen LogP contribution in [0.15, 0.2) is 48.7 Å². The van der Waals surface area contributed by atoms with Crippen molar-refractivity contribution in [2.45, 2.75) is 90.1 Å². The maximum atomic E-state index is 15.6. The number of nitrogens with zero attached hydrogens (tertiary/aromatic N) is 6. The molecule has 1 aliphatic carbocycles. The molecule has 1 aromatic heterocycles. The minimum absolute atomic E-state index is 0.0157. The van der Waals surface area contributed by atoms with Crippen LogP contribution in [0.4, 0.5) is 15.9 Å². The molecule has 318 valence electrons. The van der Waals surface area contributed by atoms with Crippen LogP contribution in [0.2, 0.25) is 5.02 Å². The van der Waals surface area contributed by atoms with Gasteiger partial charge in [0, 0.05) is 80.4 Å². The number of hydrogen-bond acceptors (Lipinski definition) is 11. The van der Waals surface area contributed by atoms with Crippen LogP contribution in [-0.4, -0.2) is 107 Å². The summed E-state index contributed by atoms with van der Waals surface area (Å²) in [7, 11) is 0. The van der Waals surface area contributed by atoms with E-state index in [1.165, 1.54) is 6.07 Å². The molecule has 2 bridgehead atoms. The quantitative estimate of drug-likeness (QED) is 0.280. The Morgan fingerprint density at radius 3 is 2.30 bits per heavy atom. The fourth-order valence-corrected chi connectivity index (χ4v) is 11.4. The number of amides is 5. The first-order chi connectivity index (χ1) is 29.0. The number of nitriles is 1. The summed E-state index contributed by atoms with van der Waals surface area (Å²) in [6, 6.07) is 12.3. The maximum Gasteiger partial charge on any atom is 0.262 e. The lowest BCUT2D eigenvalue weighted by Crippen LogP contribution is -2.74. The number of halogens is 2. The van der Waals surface area contributed by atoms with Gasteiger partial charge in [-0.05, 0) is 68.0 Å². The van der Waals surface area contributed by atoms with E-state index in [-0.39, 0.29) is 64.9 Å². The van der Waals surface area contributed by atoms with Gasteiger partial charge in [0.25, 0.3) is 17.7 Å². The zero-order valence-corrected chi connectivity index (χ0v) is 35.3. The summed E-state index contributed by atoms with van der Waals surface area (Å²) in [5, 5.41) is 15.0. The molecular formula is C45H48ClFN8O6. The van der Waals surface area contributed by atoms with Crippen molar-refractivity contribution in [1.82, 2.24) is 25.4 Å². The molecule has 0 radical (unpaired) electrons. The Morgan fingerprint density at radius 2 is 1.67 bits per heavy atom. The van der Waals surface area contributed by atoms with Gasteiger partial charge >= 0.3 is 0 Å². The third kappa shape index (κ3) is 6.97. The number of aromatic nitrogens is 1. The van der Waals surface area contributed by atoms with Gasteiger partial charge in [-0.15, -0.1) is 0 Å². The van der Waals surface area contributed by atoms with Crippen molar-refractivity contribution in [3.8, 4) is 11.8 Å². The number of hydrogen-bond donors (Lipinski definition) is 2. The van der Waals surface area contributed by atoms with Gasteiger partial charge in [-0.25, -0.2) is 9.37 Å². The van der Waals surface area contributed by atoms with Crippen LogP contribution in [0.1, 0.15) is 96.4 Å². The van der Waals surface area contributed by atoms with Crippen LogP contribution < -0.4 is 25.2 Å². The summed E-state index contributed by atoms with van der Waals surface area (Å²) in [5.74, 6) is -1.37. The van der Waals surface area contributed by atoms with Gasteiger partial charge < -0.3 is 19.9 Å². The Kier molecular flexibility index (Phi) is 10.1. The number of pyridine rings is 1. The predicted molar refractivity (Wildman–Crippen MR) is 223 cm³/mol. The molecule has 61 heavy (non-hydrogen) atoms. The van der Waals surface area contributed by atoms with Gasteiger partial charge in [-0.3, -0.25) is 39.1 Å². The standard InChI is InChI=1S/C45H48ClFN8O6/c1-44(2)42(45(3,4)43(44)61-29-7-5-25(19-48)32(46)16-29)51-38(57)26-6-9-36(49-20-26)53-13-11-24(12-14-53)21-52-22-27-15-28(23-52)54(27)35-18-31-30(17-33(35)47)40(59)55(41(31)60)34-8-10-37(56)50-39(34)58/h5-7,9,16-18,20,24,27-28,34,42-43H,8,10-15,21-23H2,1-4H3,(H,51,57)(H,50,56,58).